The summed E-state index contributed by atoms with van der Waals surface area (Å²) in [6.45, 7) is 13.1. The summed E-state index contributed by atoms with van der Waals surface area (Å²) >= 11 is 0. The molecule has 114 valence electrons. The van der Waals surface area contributed by atoms with Gasteiger partial charge in [-0.1, -0.05) is 27.2 Å². The van der Waals surface area contributed by atoms with E-state index < -0.39 is 0 Å². The van der Waals surface area contributed by atoms with E-state index in [1.54, 1.807) is 6.33 Å². The van der Waals surface area contributed by atoms with Crippen LogP contribution < -0.4 is 5.32 Å². The molecule has 1 aromatic heterocycles. The zero-order valence-corrected chi connectivity index (χ0v) is 13.3. The van der Waals surface area contributed by atoms with Gasteiger partial charge in [0.1, 0.15) is 12.2 Å². The van der Waals surface area contributed by atoms with Gasteiger partial charge in [0.05, 0.1) is 6.54 Å². The molecule has 0 amide bonds. The average Bonchev–Trinajstić information content (AvgIpc) is 2.88. The summed E-state index contributed by atoms with van der Waals surface area (Å²) in [5, 5.41) is 8.01. The number of piperazine rings is 1. The lowest BCUT2D eigenvalue weighted by Crippen LogP contribution is -2.57. The van der Waals surface area contributed by atoms with E-state index >= 15 is 0 Å². The number of nitrogens with one attached hydrogen (secondary N) is 1. The zero-order chi connectivity index (χ0) is 14.5. The molecule has 3 unspecified atom stereocenters. The molecule has 0 spiro atoms. The summed E-state index contributed by atoms with van der Waals surface area (Å²) < 4.78 is 2.05. The number of aromatic nitrogens is 3. The highest BCUT2D eigenvalue weighted by Gasteiger charge is 2.28. The minimum atomic E-state index is 0.557. The number of rotatable bonds is 6. The van der Waals surface area contributed by atoms with E-state index in [0.717, 1.165) is 44.3 Å². The molecule has 1 aliphatic rings. The maximum Gasteiger partial charge on any atom is 0.141 e. The van der Waals surface area contributed by atoms with Crippen molar-refractivity contribution in [1.29, 1.82) is 0 Å². The maximum atomic E-state index is 4.44. The second-order valence-corrected chi connectivity index (χ2v) is 6.08. The lowest BCUT2D eigenvalue weighted by Gasteiger charge is -2.40. The third kappa shape index (κ3) is 3.58. The molecule has 0 aromatic carbocycles. The van der Waals surface area contributed by atoms with E-state index in [0.29, 0.717) is 12.1 Å². The highest BCUT2D eigenvalue weighted by Crippen LogP contribution is 2.17. The molecular weight excluding hydrogens is 250 g/mol. The minimum Gasteiger partial charge on any atom is -0.311 e. The molecule has 1 N–H and O–H groups in total. The van der Waals surface area contributed by atoms with E-state index in [-0.39, 0.29) is 0 Å². The Labute approximate surface area is 122 Å². The number of hydrogen-bond donors (Lipinski definition) is 1. The molecule has 5 heteroatoms. The van der Waals surface area contributed by atoms with Crippen LogP contribution in [0.3, 0.4) is 0 Å². The topological polar surface area (TPSA) is 46.0 Å². The molecule has 0 radical (unpaired) electrons. The van der Waals surface area contributed by atoms with Crippen molar-refractivity contribution in [2.75, 3.05) is 13.1 Å². The monoisotopic (exact) mass is 279 g/mol. The molecule has 0 saturated carbocycles. The van der Waals surface area contributed by atoms with Crippen LogP contribution in [0.5, 0.6) is 0 Å². The van der Waals surface area contributed by atoms with Crippen molar-refractivity contribution in [3.05, 3.63) is 12.2 Å². The van der Waals surface area contributed by atoms with Gasteiger partial charge in [-0.3, -0.25) is 4.90 Å². The summed E-state index contributed by atoms with van der Waals surface area (Å²) in [5.41, 5.74) is 0. The van der Waals surface area contributed by atoms with Gasteiger partial charge in [-0.2, -0.15) is 5.10 Å². The molecule has 0 aliphatic carbocycles. The Balaban J connectivity index is 2.00. The van der Waals surface area contributed by atoms with Gasteiger partial charge in [0, 0.05) is 31.7 Å². The van der Waals surface area contributed by atoms with Gasteiger partial charge >= 0.3 is 0 Å². The predicted molar refractivity (Wildman–Crippen MR) is 81.4 cm³/mol. The van der Waals surface area contributed by atoms with Crippen LogP contribution in [0.15, 0.2) is 6.33 Å². The van der Waals surface area contributed by atoms with Crippen LogP contribution in [0.2, 0.25) is 0 Å². The molecule has 20 heavy (non-hydrogen) atoms. The van der Waals surface area contributed by atoms with Gasteiger partial charge in [0.25, 0.3) is 0 Å². The van der Waals surface area contributed by atoms with Gasteiger partial charge in [0.2, 0.25) is 0 Å². The van der Waals surface area contributed by atoms with E-state index in [1.165, 1.54) is 6.42 Å². The Kier molecular flexibility index (Phi) is 5.54. The molecule has 1 aliphatic heterocycles. The fourth-order valence-electron chi connectivity index (χ4n) is 2.82. The smallest absolute Gasteiger partial charge is 0.141 e. The normalized spacial score (nSPS) is 25.8. The van der Waals surface area contributed by atoms with E-state index in [2.05, 4.69) is 48.0 Å². The van der Waals surface area contributed by atoms with Crippen molar-refractivity contribution in [3.63, 3.8) is 0 Å². The van der Waals surface area contributed by atoms with Crippen molar-refractivity contribution in [1.82, 2.24) is 25.0 Å². The summed E-state index contributed by atoms with van der Waals surface area (Å²) in [7, 11) is 0. The molecular formula is C15H29N5. The highest BCUT2D eigenvalue weighted by molar-refractivity contribution is 4.91. The molecule has 1 saturated heterocycles. The molecule has 2 heterocycles. The Hall–Kier alpha value is -0.940. The van der Waals surface area contributed by atoms with Crippen molar-refractivity contribution < 1.29 is 0 Å². The second kappa shape index (κ2) is 7.18. The van der Waals surface area contributed by atoms with Crippen LogP contribution in [0.4, 0.5) is 0 Å². The van der Waals surface area contributed by atoms with Crippen molar-refractivity contribution in [2.24, 2.45) is 5.92 Å². The summed E-state index contributed by atoms with van der Waals surface area (Å²) in [5.74, 6) is 1.82. The molecule has 0 bridgehead atoms. The third-order valence-corrected chi connectivity index (χ3v) is 4.54. The van der Waals surface area contributed by atoms with Gasteiger partial charge in [-0.25, -0.2) is 9.67 Å². The first-order chi connectivity index (χ1) is 9.65. The first-order valence-electron chi connectivity index (χ1n) is 7.99. The number of hydrogen-bond acceptors (Lipinski definition) is 4. The molecule has 1 fully saturated rings. The summed E-state index contributed by atoms with van der Waals surface area (Å²) in [6, 6.07) is 1.15. The largest absolute Gasteiger partial charge is 0.311 e. The molecule has 2 rings (SSSR count). The van der Waals surface area contributed by atoms with Gasteiger partial charge in [0.15, 0.2) is 0 Å². The average molecular weight is 279 g/mol. The minimum absolute atomic E-state index is 0.557. The Morgan fingerprint density at radius 2 is 2.25 bits per heavy atom. The van der Waals surface area contributed by atoms with Gasteiger partial charge < -0.3 is 5.32 Å². The predicted octanol–water partition coefficient (Wildman–Crippen LogP) is 1.90. The van der Waals surface area contributed by atoms with Crippen LogP contribution in [0.1, 0.15) is 46.4 Å². The Morgan fingerprint density at radius 1 is 1.45 bits per heavy atom. The third-order valence-electron chi connectivity index (χ3n) is 4.54. The van der Waals surface area contributed by atoms with Crippen molar-refractivity contribution in [3.8, 4) is 0 Å². The fourth-order valence-corrected chi connectivity index (χ4v) is 2.82. The SMILES string of the molecule is CCCn1ncnc1CN1CC(C(C)CC)NCC1C. The summed E-state index contributed by atoms with van der Waals surface area (Å²) in [6.07, 6.45) is 4.01. The first-order valence-corrected chi connectivity index (χ1v) is 7.99. The fraction of sp³-hybridized carbons (Fsp3) is 0.867. The first kappa shape index (κ1) is 15.4. The maximum absolute atomic E-state index is 4.44. The standard InChI is InChI=1S/C15H29N5/c1-5-7-20-15(17-11-18-20)10-19-9-14(12(3)6-2)16-8-13(19)4/h11-14,16H,5-10H2,1-4H3. The number of nitrogens with zero attached hydrogens (tertiary/aromatic N) is 4. The van der Waals surface area contributed by atoms with Gasteiger partial charge in [-0.15, -0.1) is 0 Å². The van der Waals surface area contributed by atoms with Crippen LogP contribution in [-0.4, -0.2) is 44.8 Å². The Morgan fingerprint density at radius 3 is 2.95 bits per heavy atom. The molecule has 3 atom stereocenters. The molecule has 1 aromatic rings. The highest BCUT2D eigenvalue weighted by atomic mass is 15.4. The summed E-state index contributed by atoms with van der Waals surface area (Å²) in [4.78, 5) is 6.99. The lowest BCUT2D eigenvalue weighted by molar-refractivity contribution is 0.107. The van der Waals surface area contributed by atoms with E-state index in [4.69, 9.17) is 0 Å². The second-order valence-electron chi connectivity index (χ2n) is 6.08. The van der Waals surface area contributed by atoms with Gasteiger partial charge in [-0.05, 0) is 19.3 Å². The van der Waals surface area contributed by atoms with Crippen LogP contribution in [0, 0.1) is 5.92 Å². The van der Waals surface area contributed by atoms with Crippen molar-refractivity contribution in [2.45, 2.75) is 65.7 Å². The number of aryl methyl sites for hydroxylation is 1. The van der Waals surface area contributed by atoms with Crippen LogP contribution in [-0.2, 0) is 13.1 Å². The van der Waals surface area contributed by atoms with Crippen LogP contribution in [0.25, 0.3) is 0 Å². The quantitative estimate of drug-likeness (QED) is 0.864. The zero-order valence-electron chi connectivity index (χ0n) is 13.3. The lowest BCUT2D eigenvalue weighted by atomic mass is 9.96. The molecule has 5 nitrogen and oxygen atoms in total. The van der Waals surface area contributed by atoms with Crippen molar-refractivity contribution >= 4 is 0 Å². The Bertz CT molecular complexity index is 403. The van der Waals surface area contributed by atoms with E-state index in [9.17, 15) is 0 Å². The van der Waals surface area contributed by atoms with Crippen LogP contribution >= 0.6 is 0 Å². The van der Waals surface area contributed by atoms with E-state index in [1.807, 2.05) is 4.68 Å².